The summed E-state index contributed by atoms with van der Waals surface area (Å²) in [4.78, 5) is 0.198. The Morgan fingerprint density at radius 3 is 2.68 bits per heavy atom. The number of hydrogen-bond donors (Lipinski definition) is 1. The molecule has 0 amide bonds. The minimum atomic E-state index is -1.45. The van der Waals surface area contributed by atoms with Crippen LogP contribution in [0.4, 0.5) is 10.1 Å². The van der Waals surface area contributed by atoms with Gasteiger partial charge in [0.15, 0.2) is 0 Å². The Bertz CT molecular complexity index is 616. The quantitative estimate of drug-likeness (QED) is 0.875. The molecule has 0 spiro atoms. The van der Waals surface area contributed by atoms with Gasteiger partial charge >= 0.3 is 0 Å². The third-order valence-corrected chi connectivity index (χ3v) is 4.02. The molecule has 1 atom stereocenters. The molecule has 5 heteroatoms. The van der Waals surface area contributed by atoms with Gasteiger partial charge in [0.25, 0.3) is 0 Å². The Hall–Kier alpha value is -1.88. The van der Waals surface area contributed by atoms with Crippen LogP contribution in [0.3, 0.4) is 0 Å². The normalized spacial score (nSPS) is 12.1. The van der Waals surface area contributed by atoms with E-state index in [1.54, 1.807) is 30.3 Å². The van der Waals surface area contributed by atoms with Gasteiger partial charge in [0.05, 0.1) is 28.6 Å². The molecule has 0 aliphatic carbocycles. The zero-order chi connectivity index (χ0) is 13.8. The van der Waals surface area contributed by atoms with Crippen molar-refractivity contribution in [2.45, 2.75) is 10.6 Å². The number of hydrogen-bond acceptors (Lipinski definition) is 3. The fraction of sp³-hybridized carbons (Fsp3) is 0.143. The Kier molecular flexibility index (Phi) is 4.16. The number of nitrogen functional groups attached to an aromatic ring is 1. The molecular formula is C14H14FNO2S. The van der Waals surface area contributed by atoms with Crippen molar-refractivity contribution < 1.29 is 13.3 Å². The number of halogens is 1. The van der Waals surface area contributed by atoms with Crippen LogP contribution in [-0.2, 0) is 16.6 Å². The maximum atomic E-state index is 13.5. The molecule has 19 heavy (non-hydrogen) atoms. The molecule has 2 N–H and O–H groups in total. The van der Waals surface area contributed by atoms with Crippen molar-refractivity contribution in [1.29, 1.82) is 0 Å². The van der Waals surface area contributed by atoms with Crippen LogP contribution in [-0.4, -0.2) is 11.3 Å². The molecule has 0 saturated carbocycles. The van der Waals surface area contributed by atoms with Gasteiger partial charge in [-0.05, 0) is 29.8 Å². The number of ether oxygens (including phenoxy) is 1. The summed E-state index contributed by atoms with van der Waals surface area (Å²) in [6.07, 6.45) is 0. The third-order valence-electron chi connectivity index (χ3n) is 2.60. The van der Waals surface area contributed by atoms with Crippen molar-refractivity contribution in [3.8, 4) is 5.75 Å². The summed E-state index contributed by atoms with van der Waals surface area (Å²) in [6, 6.07) is 11.2. The van der Waals surface area contributed by atoms with E-state index >= 15 is 0 Å². The van der Waals surface area contributed by atoms with Crippen molar-refractivity contribution in [3.63, 3.8) is 0 Å². The lowest BCUT2D eigenvalue weighted by molar-refractivity contribution is 0.414. The van der Waals surface area contributed by atoms with E-state index in [0.29, 0.717) is 11.4 Å². The lowest BCUT2D eigenvalue weighted by atomic mass is 10.2. The zero-order valence-electron chi connectivity index (χ0n) is 10.4. The predicted molar refractivity (Wildman–Crippen MR) is 73.9 cm³/mol. The molecule has 0 bridgehead atoms. The summed E-state index contributed by atoms with van der Waals surface area (Å²) >= 11 is 0. The van der Waals surface area contributed by atoms with Gasteiger partial charge in [0.1, 0.15) is 11.6 Å². The van der Waals surface area contributed by atoms with E-state index < -0.39 is 16.6 Å². The molecular weight excluding hydrogens is 265 g/mol. The van der Waals surface area contributed by atoms with E-state index in [2.05, 4.69) is 0 Å². The minimum absolute atomic E-state index is 0.197. The van der Waals surface area contributed by atoms with Crippen LogP contribution >= 0.6 is 0 Å². The van der Waals surface area contributed by atoms with Gasteiger partial charge in [-0.25, -0.2) is 4.39 Å². The minimum Gasteiger partial charge on any atom is -0.497 e. The van der Waals surface area contributed by atoms with Gasteiger partial charge < -0.3 is 10.5 Å². The fourth-order valence-electron chi connectivity index (χ4n) is 1.75. The van der Waals surface area contributed by atoms with Gasteiger partial charge in [0, 0.05) is 11.8 Å². The highest BCUT2D eigenvalue weighted by atomic mass is 32.2. The van der Waals surface area contributed by atoms with Crippen molar-refractivity contribution in [3.05, 3.63) is 53.8 Å². The number of rotatable bonds is 4. The van der Waals surface area contributed by atoms with Crippen LogP contribution in [0.15, 0.2) is 47.4 Å². The Balaban J connectivity index is 2.24. The first-order valence-corrected chi connectivity index (χ1v) is 6.98. The smallest absolute Gasteiger partial charge is 0.139 e. The van der Waals surface area contributed by atoms with Crippen molar-refractivity contribution >= 4 is 16.5 Å². The molecule has 0 aliphatic rings. The van der Waals surface area contributed by atoms with Crippen LogP contribution in [0, 0.1) is 5.82 Å². The predicted octanol–water partition coefficient (Wildman–Crippen LogP) is 2.72. The van der Waals surface area contributed by atoms with Crippen LogP contribution in [0.25, 0.3) is 0 Å². The maximum absolute atomic E-state index is 13.5. The van der Waals surface area contributed by atoms with Crippen LogP contribution in [0.1, 0.15) is 5.56 Å². The van der Waals surface area contributed by atoms with Gasteiger partial charge in [0.2, 0.25) is 0 Å². The lowest BCUT2D eigenvalue weighted by Gasteiger charge is -2.07. The third kappa shape index (κ3) is 3.32. The summed E-state index contributed by atoms with van der Waals surface area (Å²) in [6.45, 7) is 0. The average molecular weight is 279 g/mol. The molecule has 0 aromatic heterocycles. The maximum Gasteiger partial charge on any atom is 0.139 e. The van der Waals surface area contributed by atoms with E-state index in [1.807, 2.05) is 0 Å². The molecule has 2 aromatic carbocycles. The van der Waals surface area contributed by atoms with E-state index in [0.717, 1.165) is 5.56 Å². The molecule has 1 unspecified atom stereocenters. The summed E-state index contributed by atoms with van der Waals surface area (Å²) in [7, 11) is 0.0835. The highest BCUT2D eigenvalue weighted by Gasteiger charge is 2.11. The van der Waals surface area contributed by atoms with Crippen LogP contribution < -0.4 is 10.5 Å². The first-order valence-electron chi connectivity index (χ1n) is 5.66. The highest BCUT2D eigenvalue weighted by molar-refractivity contribution is 7.84. The summed E-state index contributed by atoms with van der Waals surface area (Å²) < 4.78 is 30.8. The molecule has 0 aliphatic heterocycles. The summed E-state index contributed by atoms with van der Waals surface area (Å²) in [5, 5.41) is 0. The van der Waals surface area contributed by atoms with Crippen molar-refractivity contribution in [2.75, 3.05) is 12.8 Å². The largest absolute Gasteiger partial charge is 0.497 e. The van der Waals surface area contributed by atoms with E-state index in [9.17, 15) is 8.60 Å². The first kappa shape index (κ1) is 13.5. The molecule has 3 nitrogen and oxygen atoms in total. The first-order chi connectivity index (χ1) is 9.10. The Morgan fingerprint density at radius 1 is 1.26 bits per heavy atom. The van der Waals surface area contributed by atoms with Crippen molar-refractivity contribution in [2.24, 2.45) is 0 Å². The van der Waals surface area contributed by atoms with E-state index in [1.165, 1.54) is 19.2 Å². The summed E-state index contributed by atoms with van der Waals surface area (Å²) in [5.74, 6) is 0.333. The van der Waals surface area contributed by atoms with Gasteiger partial charge in [-0.3, -0.25) is 4.21 Å². The Morgan fingerprint density at radius 2 is 2.00 bits per heavy atom. The Labute approximate surface area is 113 Å². The molecule has 2 rings (SSSR count). The number of nitrogens with two attached hydrogens (primary N) is 1. The second-order valence-electron chi connectivity index (χ2n) is 4.03. The highest BCUT2D eigenvalue weighted by Crippen LogP contribution is 2.22. The zero-order valence-corrected chi connectivity index (χ0v) is 11.2. The monoisotopic (exact) mass is 279 g/mol. The topological polar surface area (TPSA) is 52.3 Å². The van der Waals surface area contributed by atoms with Gasteiger partial charge in [-0.15, -0.1) is 0 Å². The molecule has 0 fully saturated rings. The lowest BCUT2D eigenvalue weighted by Crippen LogP contribution is -2.00. The number of methoxy groups -OCH3 is 1. The summed E-state index contributed by atoms with van der Waals surface area (Å²) in [5.41, 5.74) is 7.00. The SMILES string of the molecule is COc1cc(N)cc(CS(=O)c2ccccc2F)c1. The molecule has 100 valence electrons. The second-order valence-corrected chi connectivity index (χ2v) is 5.45. The fourth-order valence-corrected chi connectivity index (χ4v) is 2.89. The average Bonchev–Trinajstić information content (AvgIpc) is 2.38. The second kappa shape index (κ2) is 5.84. The van der Waals surface area contributed by atoms with Crippen LogP contribution in [0.5, 0.6) is 5.75 Å². The molecule has 0 heterocycles. The standard InChI is InChI=1S/C14H14FNO2S/c1-18-12-7-10(6-11(16)8-12)9-19(17)14-5-3-2-4-13(14)15/h2-8H,9,16H2,1H3. The number of benzene rings is 2. The molecule has 2 aromatic rings. The van der Waals surface area contributed by atoms with E-state index in [4.69, 9.17) is 10.5 Å². The van der Waals surface area contributed by atoms with E-state index in [-0.39, 0.29) is 10.6 Å². The molecule has 0 radical (unpaired) electrons. The van der Waals surface area contributed by atoms with Crippen LogP contribution in [0.2, 0.25) is 0 Å². The molecule has 0 saturated heterocycles. The van der Waals surface area contributed by atoms with Gasteiger partial charge in [-0.1, -0.05) is 12.1 Å². The van der Waals surface area contributed by atoms with Crippen molar-refractivity contribution in [1.82, 2.24) is 0 Å². The number of anilines is 1. The van der Waals surface area contributed by atoms with Gasteiger partial charge in [-0.2, -0.15) is 0 Å².